The fourth-order valence-electron chi connectivity index (χ4n) is 4.32. The van der Waals surface area contributed by atoms with Crippen LogP contribution in [0.25, 0.3) is 0 Å². The zero-order valence-corrected chi connectivity index (χ0v) is 23.1. The summed E-state index contributed by atoms with van der Waals surface area (Å²) >= 11 is 9.41. The highest BCUT2D eigenvalue weighted by atomic mass is 79.9. The highest BCUT2D eigenvalue weighted by Gasteiger charge is 2.33. The lowest BCUT2D eigenvalue weighted by atomic mass is 10.1. The number of anilines is 1. The molecular weight excluding hydrogens is 554 g/mol. The average Bonchev–Trinajstić information content (AvgIpc) is 3.31. The minimum Gasteiger partial charge on any atom is -0.352 e. The molecule has 2 aromatic rings. The van der Waals surface area contributed by atoms with E-state index >= 15 is 0 Å². The standard InChI is InChI=1S/C25H31BrClN3O4S/c1-3-22(25(32)28-20-8-4-5-9-20)29(16-18-12-14-19(27)15-13-18)24(31)17-30(35(2,33)34)23-11-7-6-10-21(23)26/h6-7,10-15,20,22H,3-5,8-9,16-17H2,1-2H3,(H,28,32)/t22-/m0/s1. The van der Waals surface area contributed by atoms with Crippen molar-refractivity contribution in [2.45, 2.75) is 57.7 Å². The smallest absolute Gasteiger partial charge is 0.244 e. The SMILES string of the molecule is CC[C@@H](C(=O)NC1CCCC1)N(Cc1ccc(Cl)cc1)C(=O)CN(c1ccccc1Br)S(C)(=O)=O. The van der Waals surface area contributed by atoms with E-state index in [0.29, 0.717) is 21.6 Å². The summed E-state index contributed by atoms with van der Waals surface area (Å²) in [5.41, 5.74) is 1.15. The largest absolute Gasteiger partial charge is 0.352 e. The number of hydrogen-bond donors (Lipinski definition) is 1. The number of nitrogens with one attached hydrogen (secondary N) is 1. The van der Waals surface area contributed by atoms with Crippen LogP contribution in [0.2, 0.25) is 5.02 Å². The minimum atomic E-state index is -3.78. The van der Waals surface area contributed by atoms with Crippen LogP contribution in [0.15, 0.2) is 53.0 Å². The van der Waals surface area contributed by atoms with Gasteiger partial charge in [0.05, 0.1) is 11.9 Å². The zero-order valence-electron chi connectivity index (χ0n) is 19.9. The van der Waals surface area contributed by atoms with Gasteiger partial charge in [0.25, 0.3) is 0 Å². The number of nitrogens with zero attached hydrogens (tertiary/aromatic N) is 2. The Labute approximate surface area is 221 Å². The molecule has 0 aromatic heterocycles. The number of rotatable bonds is 10. The predicted octanol–water partition coefficient (Wildman–Crippen LogP) is 4.73. The quantitative estimate of drug-likeness (QED) is 0.437. The van der Waals surface area contributed by atoms with Crippen LogP contribution >= 0.6 is 27.5 Å². The molecule has 0 spiro atoms. The van der Waals surface area contributed by atoms with Gasteiger partial charge in [-0.1, -0.05) is 55.6 Å². The Morgan fingerprint density at radius 2 is 1.74 bits per heavy atom. The van der Waals surface area contributed by atoms with Gasteiger partial charge in [-0.2, -0.15) is 0 Å². The van der Waals surface area contributed by atoms with Crippen LogP contribution in [-0.2, 0) is 26.2 Å². The maximum atomic E-state index is 13.7. The van der Waals surface area contributed by atoms with Crippen molar-refractivity contribution in [3.8, 4) is 0 Å². The molecule has 0 heterocycles. The number of hydrogen-bond acceptors (Lipinski definition) is 4. The van der Waals surface area contributed by atoms with Gasteiger partial charge in [-0.25, -0.2) is 8.42 Å². The van der Waals surface area contributed by atoms with E-state index < -0.39 is 28.5 Å². The first kappa shape index (κ1) is 27.5. The lowest BCUT2D eigenvalue weighted by Crippen LogP contribution is -2.53. The van der Waals surface area contributed by atoms with Crippen molar-refractivity contribution in [1.29, 1.82) is 0 Å². The summed E-state index contributed by atoms with van der Waals surface area (Å²) in [6, 6.07) is 13.2. The van der Waals surface area contributed by atoms with E-state index in [0.717, 1.165) is 41.8 Å². The summed E-state index contributed by atoms with van der Waals surface area (Å²) in [6.07, 6.45) is 5.46. The number of carbonyl (C=O) groups excluding carboxylic acids is 2. The van der Waals surface area contributed by atoms with E-state index in [-0.39, 0.29) is 18.5 Å². The molecule has 2 amide bonds. The van der Waals surface area contributed by atoms with Crippen LogP contribution < -0.4 is 9.62 Å². The average molecular weight is 585 g/mol. The van der Waals surface area contributed by atoms with Crippen molar-refractivity contribution in [2.75, 3.05) is 17.1 Å². The van der Waals surface area contributed by atoms with Crippen molar-refractivity contribution in [3.05, 3.63) is 63.6 Å². The minimum absolute atomic E-state index is 0.108. The monoisotopic (exact) mass is 583 g/mol. The number of halogens is 2. The first-order valence-electron chi connectivity index (χ1n) is 11.7. The molecule has 2 aromatic carbocycles. The van der Waals surface area contributed by atoms with E-state index in [2.05, 4.69) is 21.2 Å². The highest BCUT2D eigenvalue weighted by Crippen LogP contribution is 2.28. The molecule has 0 aliphatic heterocycles. The maximum Gasteiger partial charge on any atom is 0.244 e. The van der Waals surface area contributed by atoms with Gasteiger partial charge in [-0.05, 0) is 65.0 Å². The van der Waals surface area contributed by atoms with Crippen LogP contribution in [0.3, 0.4) is 0 Å². The Morgan fingerprint density at radius 1 is 1.11 bits per heavy atom. The Morgan fingerprint density at radius 3 is 2.31 bits per heavy atom. The molecule has 7 nitrogen and oxygen atoms in total. The van der Waals surface area contributed by atoms with Crippen LogP contribution in [0, 0.1) is 0 Å². The van der Waals surface area contributed by atoms with E-state index in [9.17, 15) is 18.0 Å². The highest BCUT2D eigenvalue weighted by molar-refractivity contribution is 9.10. The second kappa shape index (κ2) is 12.2. The van der Waals surface area contributed by atoms with Gasteiger partial charge in [0.2, 0.25) is 21.8 Å². The molecular formula is C25H31BrClN3O4S. The molecule has 1 atom stereocenters. The molecule has 1 saturated carbocycles. The number of sulfonamides is 1. The normalized spacial score (nSPS) is 15.0. The molecule has 0 radical (unpaired) electrons. The van der Waals surface area contributed by atoms with Crippen molar-refractivity contribution >= 4 is 55.1 Å². The molecule has 1 aliphatic carbocycles. The Kier molecular flexibility index (Phi) is 9.61. The maximum absolute atomic E-state index is 13.7. The molecule has 0 unspecified atom stereocenters. The van der Waals surface area contributed by atoms with Crippen molar-refractivity contribution < 1.29 is 18.0 Å². The number of carbonyl (C=O) groups is 2. The van der Waals surface area contributed by atoms with Crippen molar-refractivity contribution in [3.63, 3.8) is 0 Å². The number of para-hydroxylation sites is 1. The van der Waals surface area contributed by atoms with E-state index in [1.54, 1.807) is 48.5 Å². The van der Waals surface area contributed by atoms with Crippen molar-refractivity contribution in [1.82, 2.24) is 10.2 Å². The molecule has 35 heavy (non-hydrogen) atoms. The van der Waals surface area contributed by atoms with Crippen LogP contribution in [-0.4, -0.2) is 50.0 Å². The number of amides is 2. The third-order valence-electron chi connectivity index (χ3n) is 6.15. The zero-order chi connectivity index (χ0) is 25.6. The second-order valence-electron chi connectivity index (χ2n) is 8.78. The lowest BCUT2D eigenvalue weighted by Gasteiger charge is -2.33. The van der Waals surface area contributed by atoms with Crippen LogP contribution in [0.4, 0.5) is 5.69 Å². The van der Waals surface area contributed by atoms with Crippen LogP contribution in [0.1, 0.15) is 44.6 Å². The molecule has 1 fully saturated rings. The summed E-state index contributed by atoms with van der Waals surface area (Å²) in [5, 5.41) is 3.66. The molecule has 3 rings (SSSR count). The van der Waals surface area contributed by atoms with Gasteiger partial charge >= 0.3 is 0 Å². The van der Waals surface area contributed by atoms with E-state index in [4.69, 9.17) is 11.6 Å². The predicted molar refractivity (Wildman–Crippen MR) is 143 cm³/mol. The topological polar surface area (TPSA) is 86.8 Å². The van der Waals surface area contributed by atoms with Crippen molar-refractivity contribution in [2.24, 2.45) is 0 Å². The summed E-state index contributed by atoms with van der Waals surface area (Å²) in [7, 11) is -3.78. The Hall–Kier alpha value is -2.10. The van der Waals surface area contributed by atoms with E-state index in [1.165, 1.54) is 4.90 Å². The first-order chi connectivity index (χ1) is 16.6. The third-order valence-corrected chi connectivity index (χ3v) is 8.20. The lowest BCUT2D eigenvalue weighted by molar-refractivity contribution is -0.140. The summed E-state index contributed by atoms with van der Waals surface area (Å²) in [4.78, 5) is 28.4. The number of benzene rings is 2. The Bertz CT molecular complexity index is 1140. The summed E-state index contributed by atoms with van der Waals surface area (Å²) in [5.74, 6) is -0.678. The van der Waals surface area contributed by atoms with Gasteiger partial charge in [0.1, 0.15) is 12.6 Å². The molecule has 190 valence electrons. The fourth-order valence-corrected chi connectivity index (χ4v) is 5.93. The fraction of sp³-hybridized carbons (Fsp3) is 0.440. The third kappa shape index (κ3) is 7.44. The molecule has 0 saturated heterocycles. The molecule has 1 aliphatic rings. The van der Waals surface area contributed by atoms with Gasteiger partial charge in [-0.15, -0.1) is 0 Å². The van der Waals surface area contributed by atoms with Gasteiger partial charge < -0.3 is 10.2 Å². The molecule has 10 heteroatoms. The van der Waals surface area contributed by atoms with E-state index in [1.807, 2.05) is 6.92 Å². The molecule has 1 N–H and O–H groups in total. The summed E-state index contributed by atoms with van der Waals surface area (Å²) in [6.45, 7) is 1.57. The van der Waals surface area contributed by atoms with Gasteiger partial charge in [0, 0.05) is 22.1 Å². The van der Waals surface area contributed by atoms with Gasteiger partial charge in [-0.3, -0.25) is 13.9 Å². The van der Waals surface area contributed by atoms with Gasteiger partial charge in [0.15, 0.2) is 0 Å². The Balaban J connectivity index is 1.92. The van der Waals surface area contributed by atoms with Crippen LogP contribution in [0.5, 0.6) is 0 Å². The molecule has 0 bridgehead atoms. The summed E-state index contributed by atoms with van der Waals surface area (Å²) < 4.78 is 27.0. The first-order valence-corrected chi connectivity index (χ1v) is 14.7. The second-order valence-corrected chi connectivity index (χ2v) is 12.0.